The van der Waals surface area contributed by atoms with Crippen LogP contribution >= 0.6 is 11.8 Å². The van der Waals surface area contributed by atoms with Crippen molar-refractivity contribution in [1.29, 1.82) is 0 Å². The topological polar surface area (TPSA) is 55.4 Å². The standard InChI is InChI=1S/C23H21NO3S/c25-22(24-15-16-28-21-9-5-2-6-10-21)17-27-23(26)20-13-11-19(12-14-20)18-7-3-1-4-8-18/h1-14H,15-17H2,(H,24,25). The van der Waals surface area contributed by atoms with Gasteiger partial charge in [-0.2, -0.15) is 0 Å². The van der Waals surface area contributed by atoms with Crippen molar-refractivity contribution in [2.75, 3.05) is 18.9 Å². The Morgan fingerprint density at radius 1 is 0.786 bits per heavy atom. The zero-order valence-corrected chi connectivity index (χ0v) is 16.2. The molecule has 0 bridgehead atoms. The van der Waals surface area contributed by atoms with Crippen molar-refractivity contribution in [2.24, 2.45) is 0 Å². The Morgan fingerprint density at radius 2 is 1.39 bits per heavy atom. The second-order valence-corrected chi connectivity index (χ2v) is 7.20. The van der Waals surface area contributed by atoms with E-state index < -0.39 is 5.97 Å². The van der Waals surface area contributed by atoms with Gasteiger partial charge in [-0.1, -0.05) is 60.7 Å². The number of esters is 1. The molecule has 0 heterocycles. The van der Waals surface area contributed by atoms with Crippen molar-refractivity contribution in [1.82, 2.24) is 5.32 Å². The Kier molecular flexibility index (Phi) is 7.27. The lowest BCUT2D eigenvalue weighted by Crippen LogP contribution is -2.30. The van der Waals surface area contributed by atoms with Crippen LogP contribution in [0.5, 0.6) is 0 Å². The highest BCUT2D eigenvalue weighted by Crippen LogP contribution is 2.19. The van der Waals surface area contributed by atoms with Gasteiger partial charge in [0.1, 0.15) is 0 Å². The lowest BCUT2D eigenvalue weighted by molar-refractivity contribution is -0.124. The summed E-state index contributed by atoms with van der Waals surface area (Å²) < 4.78 is 5.09. The van der Waals surface area contributed by atoms with Gasteiger partial charge in [0.25, 0.3) is 5.91 Å². The van der Waals surface area contributed by atoms with E-state index in [-0.39, 0.29) is 12.5 Å². The highest BCUT2D eigenvalue weighted by Gasteiger charge is 2.10. The molecular formula is C23H21NO3S. The fraction of sp³-hybridized carbons (Fsp3) is 0.130. The molecule has 1 amide bonds. The van der Waals surface area contributed by atoms with E-state index in [0.29, 0.717) is 12.1 Å². The van der Waals surface area contributed by atoms with Crippen molar-refractivity contribution >= 4 is 23.6 Å². The van der Waals surface area contributed by atoms with E-state index >= 15 is 0 Å². The minimum atomic E-state index is -0.506. The zero-order chi connectivity index (χ0) is 19.6. The second-order valence-electron chi connectivity index (χ2n) is 6.03. The van der Waals surface area contributed by atoms with E-state index in [1.165, 1.54) is 0 Å². The van der Waals surface area contributed by atoms with Gasteiger partial charge in [-0.05, 0) is 35.4 Å². The van der Waals surface area contributed by atoms with Crippen LogP contribution in [-0.4, -0.2) is 30.8 Å². The van der Waals surface area contributed by atoms with E-state index in [2.05, 4.69) is 5.32 Å². The summed E-state index contributed by atoms with van der Waals surface area (Å²) in [5, 5.41) is 2.75. The molecule has 28 heavy (non-hydrogen) atoms. The van der Waals surface area contributed by atoms with Crippen molar-refractivity contribution in [3.8, 4) is 11.1 Å². The monoisotopic (exact) mass is 391 g/mol. The Labute approximate surface area is 168 Å². The molecule has 0 saturated heterocycles. The molecule has 3 aromatic rings. The molecule has 0 aromatic heterocycles. The molecule has 5 heteroatoms. The summed E-state index contributed by atoms with van der Waals surface area (Å²) in [6.45, 7) is 0.233. The SMILES string of the molecule is O=C(COC(=O)c1ccc(-c2ccccc2)cc1)NCCSc1ccccc1. The van der Waals surface area contributed by atoms with Crippen LogP contribution in [0.1, 0.15) is 10.4 Å². The van der Waals surface area contributed by atoms with E-state index in [1.807, 2.05) is 72.8 Å². The molecule has 0 saturated carbocycles. The molecule has 0 radical (unpaired) electrons. The van der Waals surface area contributed by atoms with Crippen LogP contribution in [0.25, 0.3) is 11.1 Å². The predicted molar refractivity (Wildman–Crippen MR) is 112 cm³/mol. The molecule has 0 unspecified atom stereocenters. The smallest absolute Gasteiger partial charge is 0.338 e. The Hall–Kier alpha value is -3.05. The van der Waals surface area contributed by atoms with Crippen LogP contribution in [-0.2, 0) is 9.53 Å². The van der Waals surface area contributed by atoms with Crippen molar-refractivity contribution in [3.05, 3.63) is 90.5 Å². The lowest BCUT2D eigenvalue weighted by Gasteiger charge is -2.07. The van der Waals surface area contributed by atoms with E-state index in [1.54, 1.807) is 23.9 Å². The first-order valence-electron chi connectivity index (χ1n) is 8.99. The van der Waals surface area contributed by atoms with Crippen LogP contribution < -0.4 is 5.32 Å². The molecule has 0 fully saturated rings. The third-order valence-electron chi connectivity index (χ3n) is 4.00. The van der Waals surface area contributed by atoms with Gasteiger partial charge in [-0.3, -0.25) is 4.79 Å². The summed E-state index contributed by atoms with van der Waals surface area (Å²) >= 11 is 1.66. The highest BCUT2D eigenvalue weighted by atomic mass is 32.2. The summed E-state index contributed by atoms with van der Waals surface area (Å²) in [7, 11) is 0. The van der Waals surface area contributed by atoms with Crippen LogP contribution in [0.15, 0.2) is 89.8 Å². The first-order chi connectivity index (χ1) is 13.7. The maximum atomic E-state index is 12.1. The molecule has 4 nitrogen and oxygen atoms in total. The molecule has 0 aliphatic heterocycles. The molecule has 3 aromatic carbocycles. The largest absolute Gasteiger partial charge is 0.452 e. The normalized spacial score (nSPS) is 10.3. The number of rotatable bonds is 8. The quantitative estimate of drug-likeness (QED) is 0.351. The van der Waals surface area contributed by atoms with Gasteiger partial charge in [-0.15, -0.1) is 11.8 Å². The summed E-state index contributed by atoms with van der Waals surface area (Å²) in [4.78, 5) is 25.1. The van der Waals surface area contributed by atoms with E-state index in [9.17, 15) is 9.59 Å². The summed E-state index contributed by atoms with van der Waals surface area (Å²) in [5.74, 6) is -0.0543. The molecular weight excluding hydrogens is 370 g/mol. The first kappa shape index (κ1) is 19.7. The maximum absolute atomic E-state index is 12.1. The third-order valence-corrected chi connectivity index (χ3v) is 5.01. The fourth-order valence-corrected chi connectivity index (χ4v) is 3.36. The Morgan fingerprint density at radius 3 is 2.07 bits per heavy atom. The molecule has 0 spiro atoms. The van der Waals surface area contributed by atoms with E-state index in [0.717, 1.165) is 21.8 Å². The number of hydrogen-bond donors (Lipinski definition) is 1. The number of carbonyl (C=O) groups is 2. The van der Waals surface area contributed by atoms with Gasteiger partial charge in [0.05, 0.1) is 5.56 Å². The van der Waals surface area contributed by atoms with Gasteiger partial charge in [0.2, 0.25) is 0 Å². The van der Waals surface area contributed by atoms with Crippen LogP contribution in [0, 0.1) is 0 Å². The lowest BCUT2D eigenvalue weighted by atomic mass is 10.0. The molecule has 0 atom stereocenters. The van der Waals surface area contributed by atoms with Gasteiger partial charge in [0.15, 0.2) is 6.61 Å². The number of amides is 1. The van der Waals surface area contributed by atoms with Crippen LogP contribution in [0.2, 0.25) is 0 Å². The van der Waals surface area contributed by atoms with Crippen molar-refractivity contribution < 1.29 is 14.3 Å². The van der Waals surface area contributed by atoms with Gasteiger partial charge in [0, 0.05) is 17.2 Å². The minimum absolute atomic E-state index is 0.282. The van der Waals surface area contributed by atoms with Crippen molar-refractivity contribution in [3.63, 3.8) is 0 Å². The average Bonchev–Trinajstić information content (AvgIpc) is 2.76. The summed E-state index contributed by atoms with van der Waals surface area (Å²) in [6.07, 6.45) is 0. The molecule has 142 valence electrons. The fourth-order valence-electron chi connectivity index (χ4n) is 2.57. The number of benzene rings is 3. The van der Waals surface area contributed by atoms with Crippen molar-refractivity contribution in [2.45, 2.75) is 4.90 Å². The highest BCUT2D eigenvalue weighted by molar-refractivity contribution is 7.99. The van der Waals surface area contributed by atoms with Gasteiger partial charge in [-0.25, -0.2) is 4.79 Å². The molecule has 0 aliphatic carbocycles. The number of carbonyl (C=O) groups excluding carboxylic acids is 2. The molecule has 1 N–H and O–H groups in total. The third kappa shape index (κ3) is 5.99. The zero-order valence-electron chi connectivity index (χ0n) is 15.3. The number of nitrogens with one attached hydrogen (secondary N) is 1. The Balaban J connectivity index is 1.39. The van der Waals surface area contributed by atoms with Gasteiger partial charge < -0.3 is 10.1 Å². The molecule has 3 rings (SSSR count). The summed E-state index contributed by atoms with van der Waals surface area (Å²) in [5.41, 5.74) is 2.52. The molecule has 0 aliphatic rings. The second kappa shape index (κ2) is 10.3. The maximum Gasteiger partial charge on any atom is 0.338 e. The van der Waals surface area contributed by atoms with Crippen LogP contribution in [0.3, 0.4) is 0 Å². The van der Waals surface area contributed by atoms with E-state index in [4.69, 9.17) is 4.74 Å². The summed E-state index contributed by atoms with van der Waals surface area (Å²) in [6, 6.07) is 27.0. The number of thioether (sulfide) groups is 1. The number of hydrogen-bond acceptors (Lipinski definition) is 4. The average molecular weight is 391 g/mol. The number of ether oxygens (including phenoxy) is 1. The van der Waals surface area contributed by atoms with Gasteiger partial charge >= 0.3 is 5.97 Å². The minimum Gasteiger partial charge on any atom is -0.452 e. The van der Waals surface area contributed by atoms with Crippen LogP contribution in [0.4, 0.5) is 0 Å². The Bertz CT molecular complexity index is 896. The predicted octanol–water partition coefficient (Wildman–Crippen LogP) is 4.42. The first-order valence-corrected chi connectivity index (χ1v) is 9.98.